The van der Waals surface area contributed by atoms with Gasteiger partial charge in [-0.05, 0) is 24.0 Å². The highest BCUT2D eigenvalue weighted by Gasteiger charge is 2.27. The lowest BCUT2D eigenvalue weighted by Crippen LogP contribution is -2.48. The van der Waals surface area contributed by atoms with E-state index in [1.54, 1.807) is 0 Å². The molecule has 0 bridgehead atoms. The highest BCUT2D eigenvalue weighted by atomic mass is 16.5. The Labute approximate surface area is 114 Å². The number of rotatable bonds is 5. The van der Waals surface area contributed by atoms with Gasteiger partial charge in [-0.15, -0.1) is 0 Å². The Morgan fingerprint density at radius 2 is 1.84 bits per heavy atom. The lowest BCUT2D eigenvalue weighted by molar-refractivity contribution is -0.145. The third kappa shape index (κ3) is 3.78. The van der Waals surface area contributed by atoms with E-state index in [2.05, 4.69) is 19.1 Å². The maximum atomic E-state index is 11.4. The molecule has 1 heterocycles. The molecule has 1 fully saturated rings. The van der Waals surface area contributed by atoms with Crippen LogP contribution in [0.15, 0.2) is 24.3 Å². The molecule has 1 atom stereocenters. The fraction of sp³-hybridized carbons (Fsp3) is 0.533. The van der Waals surface area contributed by atoms with Gasteiger partial charge in [0.15, 0.2) is 0 Å². The van der Waals surface area contributed by atoms with E-state index in [0.29, 0.717) is 32.7 Å². The SMILES string of the molecule is CCc1ccc(CC(C(=O)O)N2CCOCC2)cc1. The van der Waals surface area contributed by atoms with Crippen molar-refractivity contribution >= 4 is 5.97 Å². The van der Waals surface area contributed by atoms with Gasteiger partial charge in [-0.3, -0.25) is 9.69 Å². The van der Waals surface area contributed by atoms with Crippen LogP contribution in [-0.4, -0.2) is 48.3 Å². The Bertz CT molecular complexity index is 410. The molecule has 0 saturated carbocycles. The molecule has 4 nitrogen and oxygen atoms in total. The number of hydrogen-bond donors (Lipinski definition) is 1. The molecule has 0 spiro atoms. The molecule has 1 aromatic carbocycles. The molecule has 2 rings (SSSR count). The van der Waals surface area contributed by atoms with Gasteiger partial charge < -0.3 is 9.84 Å². The van der Waals surface area contributed by atoms with Crippen LogP contribution in [0.2, 0.25) is 0 Å². The summed E-state index contributed by atoms with van der Waals surface area (Å²) < 4.78 is 5.28. The van der Waals surface area contributed by atoms with Gasteiger partial charge in [-0.2, -0.15) is 0 Å². The zero-order chi connectivity index (χ0) is 13.7. The monoisotopic (exact) mass is 263 g/mol. The molecule has 1 aliphatic rings. The minimum Gasteiger partial charge on any atom is -0.480 e. The zero-order valence-corrected chi connectivity index (χ0v) is 11.3. The summed E-state index contributed by atoms with van der Waals surface area (Å²) in [7, 11) is 0. The van der Waals surface area contributed by atoms with Crippen LogP contribution in [0, 0.1) is 0 Å². The molecule has 0 aliphatic carbocycles. The molecule has 0 amide bonds. The second kappa shape index (κ2) is 6.68. The Kier molecular flexibility index (Phi) is 4.93. The van der Waals surface area contributed by atoms with Crippen LogP contribution in [0.1, 0.15) is 18.1 Å². The van der Waals surface area contributed by atoms with Crippen LogP contribution >= 0.6 is 0 Å². The van der Waals surface area contributed by atoms with Crippen molar-refractivity contribution in [3.63, 3.8) is 0 Å². The predicted octanol–water partition coefficient (Wildman–Crippen LogP) is 1.58. The number of benzene rings is 1. The smallest absolute Gasteiger partial charge is 0.321 e. The van der Waals surface area contributed by atoms with Crippen molar-refractivity contribution in [2.24, 2.45) is 0 Å². The summed E-state index contributed by atoms with van der Waals surface area (Å²) in [6.45, 7) is 4.76. The average Bonchev–Trinajstić information content (AvgIpc) is 2.46. The van der Waals surface area contributed by atoms with Crippen LogP contribution in [0.5, 0.6) is 0 Å². The first-order chi connectivity index (χ1) is 9.20. The number of carbonyl (C=O) groups is 1. The molecule has 1 N–H and O–H groups in total. The highest BCUT2D eigenvalue weighted by molar-refractivity contribution is 5.74. The minimum atomic E-state index is -0.749. The normalized spacial score (nSPS) is 18.2. The van der Waals surface area contributed by atoms with E-state index in [0.717, 1.165) is 12.0 Å². The first kappa shape index (κ1) is 14.0. The number of aliphatic carboxylic acids is 1. The lowest BCUT2D eigenvalue weighted by Gasteiger charge is -2.32. The first-order valence-electron chi connectivity index (χ1n) is 6.83. The fourth-order valence-electron chi connectivity index (χ4n) is 2.40. The van der Waals surface area contributed by atoms with Crippen LogP contribution in [-0.2, 0) is 22.4 Å². The van der Waals surface area contributed by atoms with E-state index in [-0.39, 0.29) is 0 Å². The van der Waals surface area contributed by atoms with Crippen molar-refractivity contribution in [2.75, 3.05) is 26.3 Å². The number of carboxylic acids is 1. The summed E-state index contributed by atoms with van der Waals surface area (Å²) in [5.41, 5.74) is 2.36. The largest absolute Gasteiger partial charge is 0.480 e. The zero-order valence-electron chi connectivity index (χ0n) is 11.3. The van der Waals surface area contributed by atoms with Gasteiger partial charge in [-0.1, -0.05) is 31.2 Å². The fourth-order valence-corrected chi connectivity index (χ4v) is 2.40. The van der Waals surface area contributed by atoms with Crippen molar-refractivity contribution in [1.82, 2.24) is 4.90 Å². The van der Waals surface area contributed by atoms with Crippen molar-refractivity contribution < 1.29 is 14.6 Å². The lowest BCUT2D eigenvalue weighted by atomic mass is 10.0. The van der Waals surface area contributed by atoms with Crippen LogP contribution < -0.4 is 0 Å². The van der Waals surface area contributed by atoms with Crippen molar-refractivity contribution in [1.29, 1.82) is 0 Å². The number of ether oxygens (including phenoxy) is 1. The quantitative estimate of drug-likeness (QED) is 0.876. The van der Waals surface area contributed by atoms with E-state index < -0.39 is 12.0 Å². The third-order valence-electron chi connectivity index (χ3n) is 3.63. The Morgan fingerprint density at radius 1 is 1.26 bits per heavy atom. The van der Waals surface area contributed by atoms with Gasteiger partial charge in [0, 0.05) is 13.1 Å². The van der Waals surface area contributed by atoms with Gasteiger partial charge in [0.1, 0.15) is 6.04 Å². The number of hydrogen-bond acceptors (Lipinski definition) is 3. The minimum absolute atomic E-state index is 0.448. The Morgan fingerprint density at radius 3 is 2.37 bits per heavy atom. The second-order valence-corrected chi connectivity index (χ2v) is 4.88. The Hall–Kier alpha value is -1.39. The van der Waals surface area contributed by atoms with E-state index in [1.807, 2.05) is 17.0 Å². The molecule has 0 radical (unpaired) electrons. The van der Waals surface area contributed by atoms with Crippen LogP contribution in [0.3, 0.4) is 0 Å². The van der Waals surface area contributed by atoms with Crippen molar-refractivity contribution in [3.8, 4) is 0 Å². The molecule has 0 aromatic heterocycles. The molecule has 1 aliphatic heterocycles. The van der Waals surface area contributed by atoms with Crippen molar-refractivity contribution in [3.05, 3.63) is 35.4 Å². The van der Waals surface area contributed by atoms with Gasteiger partial charge in [-0.25, -0.2) is 0 Å². The van der Waals surface area contributed by atoms with E-state index in [1.165, 1.54) is 5.56 Å². The van der Waals surface area contributed by atoms with Crippen LogP contribution in [0.25, 0.3) is 0 Å². The summed E-state index contributed by atoms with van der Waals surface area (Å²) in [5.74, 6) is -0.749. The van der Waals surface area contributed by atoms with Gasteiger partial charge in [0.2, 0.25) is 0 Å². The molecule has 19 heavy (non-hydrogen) atoms. The molecule has 1 unspecified atom stereocenters. The number of carboxylic acid groups (broad SMARTS) is 1. The number of aryl methyl sites for hydroxylation is 1. The maximum Gasteiger partial charge on any atom is 0.321 e. The summed E-state index contributed by atoms with van der Waals surface area (Å²) in [6.07, 6.45) is 1.56. The molecule has 104 valence electrons. The number of nitrogens with zero attached hydrogens (tertiary/aromatic N) is 1. The van der Waals surface area contributed by atoms with Gasteiger partial charge in [0.25, 0.3) is 0 Å². The summed E-state index contributed by atoms with van der Waals surface area (Å²) in [4.78, 5) is 13.4. The van der Waals surface area contributed by atoms with Gasteiger partial charge in [0.05, 0.1) is 13.2 Å². The van der Waals surface area contributed by atoms with Crippen molar-refractivity contribution in [2.45, 2.75) is 25.8 Å². The van der Waals surface area contributed by atoms with E-state index in [4.69, 9.17) is 4.74 Å². The predicted molar refractivity (Wildman–Crippen MR) is 73.3 cm³/mol. The number of morpholine rings is 1. The molecular weight excluding hydrogens is 242 g/mol. The third-order valence-corrected chi connectivity index (χ3v) is 3.63. The summed E-state index contributed by atoms with van der Waals surface area (Å²) in [5, 5.41) is 9.41. The standard InChI is InChI=1S/C15H21NO3/c1-2-12-3-5-13(6-4-12)11-14(15(17)18)16-7-9-19-10-8-16/h3-6,14H,2,7-11H2,1H3,(H,17,18). The van der Waals surface area contributed by atoms with E-state index >= 15 is 0 Å². The molecule has 1 aromatic rings. The first-order valence-corrected chi connectivity index (χ1v) is 6.83. The molecule has 4 heteroatoms. The summed E-state index contributed by atoms with van der Waals surface area (Å²) in [6, 6.07) is 7.78. The molecule has 1 saturated heterocycles. The Balaban J connectivity index is 2.04. The molecular formula is C15H21NO3. The van der Waals surface area contributed by atoms with E-state index in [9.17, 15) is 9.90 Å². The topological polar surface area (TPSA) is 49.8 Å². The highest BCUT2D eigenvalue weighted by Crippen LogP contribution is 2.13. The van der Waals surface area contributed by atoms with Crippen LogP contribution in [0.4, 0.5) is 0 Å². The second-order valence-electron chi connectivity index (χ2n) is 4.88. The maximum absolute atomic E-state index is 11.4. The average molecular weight is 263 g/mol. The van der Waals surface area contributed by atoms with Gasteiger partial charge >= 0.3 is 5.97 Å². The summed E-state index contributed by atoms with van der Waals surface area (Å²) >= 11 is 0.